The van der Waals surface area contributed by atoms with Crippen molar-refractivity contribution in [1.82, 2.24) is 10.4 Å². The third-order valence-electron chi connectivity index (χ3n) is 7.36. The summed E-state index contributed by atoms with van der Waals surface area (Å²) in [6.07, 6.45) is 9.13. The summed E-state index contributed by atoms with van der Waals surface area (Å²) in [7, 11) is -8.12. The molecule has 1 saturated heterocycles. The highest BCUT2D eigenvalue weighted by molar-refractivity contribution is 7.86. The predicted octanol–water partition coefficient (Wildman–Crippen LogP) is 4.54. The van der Waals surface area contributed by atoms with E-state index in [-0.39, 0.29) is 31.0 Å². The largest absolute Gasteiger partial charge is 0.469 e. The molecule has 2 N–H and O–H groups in total. The number of allylic oxidation sites excluding steroid dienone is 4. The molecule has 1 aliphatic carbocycles. The number of rotatable bonds is 13. The molecule has 11 nitrogen and oxygen atoms in total. The first-order valence-electron chi connectivity index (χ1n) is 14.5. The van der Waals surface area contributed by atoms with Gasteiger partial charge in [-0.05, 0) is 47.4 Å². The molecule has 0 bridgehead atoms. The van der Waals surface area contributed by atoms with Crippen LogP contribution >= 0.6 is 11.6 Å². The number of hydrogen-bond donors (Lipinski definition) is 2. The number of halogens is 1. The van der Waals surface area contributed by atoms with Crippen LogP contribution in [0.25, 0.3) is 28.3 Å². The van der Waals surface area contributed by atoms with Crippen LogP contribution in [0.5, 0.6) is 0 Å². The molecule has 2 heterocycles. The van der Waals surface area contributed by atoms with Crippen LogP contribution in [0.15, 0.2) is 93.7 Å². The van der Waals surface area contributed by atoms with Crippen molar-refractivity contribution in [2.24, 2.45) is 0 Å². The Bertz CT molecular complexity index is 1880. The SMILES string of the molecule is CCNOS(=O)(=O)CCN1C(=CC(=Cc2oc3ccc(-c4ccccc4)cc3[n+]2CCS(=O)(=O)O)CC)OC2C=CC(Cl)=CC21. The Balaban J connectivity index is 1.53. The third kappa shape index (κ3) is 8.23. The lowest BCUT2D eigenvalue weighted by Crippen LogP contribution is -2.38. The molecule has 1 fully saturated rings. The fourth-order valence-electron chi connectivity index (χ4n) is 5.14. The van der Waals surface area contributed by atoms with E-state index in [0.29, 0.717) is 40.9 Å². The van der Waals surface area contributed by atoms with Crippen molar-refractivity contribution in [3.8, 4) is 11.1 Å². The van der Waals surface area contributed by atoms with Crippen molar-refractivity contribution in [3.05, 3.63) is 95.2 Å². The second-order valence-electron chi connectivity index (χ2n) is 10.5. The van der Waals surface area contributed by atoms with Gasteiger partial charge in [0.2, 0.25) is 5.58 Å². The van der Waals surface area contributed by atoms with Crippen molar-refractivity contribution in [2.75, 3.05) is 24.6 Å². The first kappa shape index (κ1) is 32.9. The standard InChI is InChI=1S/C31H34ClN3O8S2/c1-3-22(19-31-35(15-17-45(39,40)43-33-4-2)27-21-25(32)11-13-29(27)42-31)18-30-34(14-16-44(36,37)38)26-20-24(10-12-28(26)41-30)23-8-6-5-7-9-23/h5-13,18-21,27,29,33H,3-4,14-17H2,1-2H3/p+1. The van der Waals surface area contributed by atoms with Crippen LogP contribution in [0, 0.1) is 0 Å². The van der Waals surface area contributed by atoms with Crippen LogP contribution in [0.3, 0.4) is 0 Å². The Kier molecular flexibility index (Phi) is 10.2. The number of ether oxygens (including phenoxy) is 1. The Hall–Kier alpha value is -3.46. The molecule has 0 radical (unpaired) electrons. The first-order valence-corrected chi connectivity index (χ1v) is 18.0. The summed E-state index contributed by atoms with van der Waals surface area (Å²) in [6.45, 7) is 4.03. The number of oxazole rings is 1. The Labute approximate surface area is 267 Å². The van der Waals surface area contributed by atoms with Crippen LogP contribution in [-0.2, 0) is 35.8 Å². The maximum absolute atomic E-state index is 12.5. The Morgan fingerprint density at radius 3 is 2.60 bits per heavy atom. The van der Waals surface area contributed by atoms with E-state index in [1.54, 1.807) is 29.7 Å². The molecule has 45 heavy (non-hydrogen) atoms. The van der Waals surface area contributed by atoms with Crippen LogP contribution in [0.4, 0.5) is 0 Å². The first-order chi connectivity index (χ1) is 21.5. The van der Waals surface area contributed by atoms with E-state index in [1.165, 1.54) is 0 Å². The summed E-state index contributed by atoms with van der Waals surface area (Å²) >= 11 is 6.30. The molecular weight excluding hydrogens is 642 g/mol. The smallest absolute Gasteiger partial charge is 0.374 e. The number of benzene rings is 2. The molecule has 14 heteroatoms. The molecule has 2 aromatic carbocycles. The molecule has 0 saturated carbocycles. The fraction of sp³-hybridized carbons (Fsp3) is 0.323. The predicted molar refractivity (Wildman–Crippen MR) is 172 cm³/mol. The summed E-state index contributed by atoms with van der Waals surface area (Å²) < 4.78 is 76.9. The maximum Gasteiger partial charge on any atom is 0.374 e. The highest BCUT2D eigenvalue weighted by atomic mass is 35.5. The van der Waals surface area contributed by atoms with Gasteiger partial charge in [-0.2, -0.15) is 31.2 Å². The second kappa shape index (κ2) is 13.9. The summed E-state index contributed by atoms with van der Waals surface area (Å²) in [6, 6.07) is 15.1. The van der Waals surface area contributed by atoms with Crippen molar-refractivity contribution in [1.29, 1.82) is 0 Å². The van der Waals surface area contributed by atoms with Gasteiger partial charge in [0, 0.05) is 30.3 Å². The van der Waals surface area contributed by atoms with E-state index >= 15 is 0 Å². The van der Waals surface area contributed by atoms with Gasteiger partial charge in [-0.1, -0.05) is 61.8 Å². The van der Waals surface area contributed by atoms with Gasteiger partial charge in [-0.25, -0.2) is 0 Å². The minimum Gasteiger partial charge on any atom is -0.469 e. The summed E-state index contributed by atoms with van der Waals surface area (Å²) in [5, 5.41) is 0.515. The molecule has 2 aliphatic rings. The molecule has 1 aliphatic heterocycles. The third-order valence-corrected chi connectivity index (χ3v) is 9.36. The number of aryl methyl sites for hydroxylation is 1. The number of nitrogens with one attached hydrogen (secondary N) is 1. The van der Waals surface area contributed by atoms with Gasteiger partial charge in [0.05, 0.1) is 17.9 Å². The second-order valence-corrected chi connectivity index (χ2v) is 14.2. The highest BCUT2D eigenvalue weighted by Gasteiger charge is 2.38. The minimum absolute atomic E-state index is 0.0476. The van der Waals surface area contributed by atoms with Gasteiger partial charge in [0.1, 0.15) is 11.9 Å². The lowest BCUT2D eigenvalue weighted by atomic mass is 10.1. The van der Waals surface area contributed by atoms with E-state index < -0.39 is 26.0 Å². The van der Waals surface area contributed by atoms with Crippen molar-refractivity contribution in [2.45, 2.75) is 39.0 Å². The Morgan fingerprint density at radius 2 is 1.89 bits per heavy atom. The zero-order chi connectivity index (χ0) is 32.2. The molecular formula is C31H35ClN3O8S2+. The number of aromatic nitrogens is 1. The van der Waals surface area contributed by atoms with Gasteiger partial charge in [0.15, 0.2) is 12.4 Å². The zero-order valence-electron chi connectivity index (χ0n) is 24.8. The summed E-state index contributed by atoms with van der Waals surface area (Å²) in [5.74, 6) is 0.0108. The van der Waals surface area contributed by atoms with E-state index in [0.717, 1.165) is 16.7 Å². The van der Waals surface area contributed by atoms with Gasteiger partial charge in [0.25, 0.3) is 25.8 Å². The molecule has 3 aromatic rings. The molecule has 5 rings (SSSR count). The topological polar surface area (TPSA) is 139 Å². The van der Waals surface area contributed by atoms with E-state index in [4.69, 9.17) is 25.0 Å². The fourth-order valence-corrected chi connectivity index (χ4v) is 6.56. The molecule has 0 spiro atoms. The van der Waals surface area contributed by atoms with E-state index in [2.05, 4.69) is 5.48 Å². The lowest BCUT2D eigenvalue weighted by molar-refractivity contribution is -0.673. The van der Waals surface area contributed by atoms with Crippen molar-refractivity contribution in [3.63, 3.8) is 0 Å². The highest BCUT2D eigenvalue weighted by Crippen LogP contribution is 2.34. The molecule has 2 unspecified atom stereocenters. The maximum atomic E-state index is 12.5. The molecule has 2 atom stereocenters. The number of fused-ring (bicyclic) bond motifs is 2. The molecule has 240 valence electrons. The van der Waals surface area contributed by atoms with Gasteiger partial charge >= 0.3 is 5.89 Å². The monoisotopic (exact) mass is 676 g/mol. The van der Waals surface area contributed by atoms with Gasteiger partial charge in [-0.3, -0.25) is 4.55 Å². The Morgan fingerprint density at radius 1 is 1.11 bits per heavy atom. The zero-order valence-corrected chi connectivity index (χ0v) is 27.2. The summed E-state index contributed by atoms with van der Waals surface area (Å²) in [4.78, 5) is 1.82. The average Bonchev–Trinajstić information content (AvgIpc) is 3.53. The normalized spacial score (nSPS) is 19.6. The number of hydrogen-bond acceptors (Lipinski definition) is 9. The summed E-state index contributed by atoms with van der Waals surface area (Å²) in [5.41, 5.74) is 6.26. The average molecular weight is 677 g/mol. The van der Waals surface area contributed by atoms with Gasteiger partial charge in [-0.15, -0.1) is 0 Å². The minimum atomic E-state index is -4.26. The van der Waals surface area contributed by atoms with E-state index in [9.17, 15) is 21.4 Å². The number of nitrogens with zero attached hydrogens (tertiary/aromatic N) is 2. The lowest BCUT2D eigenvalue weighted by Gasteiger charge is -2.24. The van der Waals surface area contributed by atoms with E-state index in [1.807, 2.05) is 72.5 Å². The van der Waals surface area contributed by atoms with Crippen LogP contribution < -0.4 is 10.0 Å². The van der Waals surface area contributed by atoms with Crippen LogP contribution in [0.2, 0.25) is 0 Å². The molecule has 1 aromatic heterocycles. The van der Waals surface area contributed by atoms with Crippen LogP contribution in [0.1, 0.15) is 26.2 Å². The van der Waals surface area contributed by atoms with Crippen molar-refractivity contribution >= 4 is 49.0 Å². The van der Waals surface area contributed by atoms with Crippen LogP contribution in [-0.4, -0.2) is 63.0 Å². The molecule has 0 amide bonds. The number of hydroxylamine groups is 1. The van der Waals surface area contributed by atoms with Crippen molar-refractivity contribution < 1.29 is 39.4 Å². The quantitative estimate of drug-likeness (QED) is 0.151. The van der Waals surface area contributed by atoms with Gasteiger partial charge < -0.3 is 14.1 Å².